The molecule has 1 aliphatic heterocycles. The first-order chi connectivity index (χ1) is 11.2. The third-order valence-electron chi connectivity index (χ3n) is 3.88. The quantitative estimate of drug-likeness (QED) is 0.787. The van der Waals surface area contributed by atoms with Gasteiger partial charge >= 0.3 is 5.97 Å². The summed E-state index contributed by atoms with van der Waals surface area (Å²) in [4.78, 5) is 26.6. The van der Waals surface area contributed by atoms with Crippen LogP contribution in [-0.4, -0.2) is 51.3 Å². The summed E-state index contributed by atoms with van der Waals surface area (Å²) in [7, 11) is 0. The molecule has 6 nitrogen and oxygen atoms in total. The highest BCUT2D eigenvalue weighted by molar-refractivity contribution is 7.99. The minimum atomic E-state index is -0.325. The van der Waals surface area contributed by atoms with E-state index >= 15 is 0 Å². The Morgan fingerprint density at radius 3 is 3.09 bits per heavy atom. The molecule has 0 N–H and O–H groups in total. The molecule has 1 saturated heterocycles. The first-order valence-corrected chi connectivity index (χ1v) is 8.79. The lowest BCUT2D eigenvalue weighted by atomic mass is 10.2. The Morgan fingerprint density at radius 1 is 1.43 bits per heavy atom. The predicted molar refractivity (Wildman–Crippen MR) is 90.5 cm³/mol. The number of carbonyl (C=O) groups is 1. The van der Waals surface area contributed by atoms with Crippen LogP contribution in [0.3, 0.4) is 0 Å². The third-order valence-corrected chi connectivity index (χ3v) is 4.90. The van der Waals surface area contributed by atoms with Gasteiger partial charge in [-0.3, -0.25) is 14.5 Å². The normalized spacial score (nSPS) is 18.9. The highest BCUT2D eigenvalue weighted by Gasteiger charge is 2.30. The second-order valence-corrected chi connectivity index (χ2v) is 6.48. The lowest BCUT2D eigenvalue weighted by Crippen LogP contribution is -2.50. The van der Waals surface area contributed by atoms with Gasteiger partial charge in [0.1, 0.15) is 6.04 Å². The minimum Gasteiger partial charge on any atom is -0.465 e. The van der Waals surface area contributed by atoms with E-state index in [-0.39, 0.29) is 17.6 Å². The molecule has 0 saturated carbocycles. The Morgan fingerprint density at radius 2 is 2.26 bits per heavy atom. The van der Waals surface area contributed by atoms with Gasteiger partial charge in [0.05, 0.1) is 24.9 Å². The summed E-state index contributed by atoms with van der Waals surface area (Å²) in [6.45, 7) is 3.19. The summed E-state index contributed by atoms with van der Waals surface area (Å²) in [6.07, 6.45) is 1.69. The molecule has 1 atom stereocenters. The molecule has 0 amide bonds. The molecule has 122 valence electrons. The summed E-state index contributed by atoms with van der Waals surface area (Å²) in [5.41, 5.74) is -0.135. The van der Waals surface area contributed by atoms with E-state index in [9.17, 15) is 9.59 Å². The zero-order chi connectivity index (χ0) is 16.2. The molecule has 1 aliphatic rings. The topological polar surface area (TPSA) is 64.4 Å². The van der Waals surface area contributed by atoms with Crippen LogP contribution in [0.4, 0.5) is 0 Å². The molecule has 1 fully saturated rings. The smallest absolute Gasteiger partial charge is 0.324 e. The summed E-state index contributed by atoms with van der Waals surface area (Å²) in [6, 6.07) is 7.06. The number of fused-ring (bicyclic) bond motifs is 1. The van der Waals surface area contributed by atoms with Gasteiger partial charge in [-0.15, -0.1) is 0 Å². The zero-order valence-electron chi connectivity index (χ0n) is 13.0. The molecule has 7 heteroatoms. The van der Waals surface area contributed by atoms with E-state index in [1.165, 1.54) is 4.68 Å². The van der Waals surface area contributed by atoms with Crippen molar-refractivity contribution in [1.29, 1.82) is 0 Å². The largest absolute Gasteiger partial charge is 0.465 e. The van der Waals surface area contributed by atoms with Crippen LogP contribution in [0.15, 0.2) is 35.3 Å². The van der Waals surface area contributed by atoms with Gasteiger partial charge in [0, 0.05) is 23.4 Å². The van der Waals surface area contributed by atoms with Crippen molar-refractivity contribution in [3.63, 3.8) is 0 Å². The van der Waals surface area contributed by atoms with Crippen molar-refractivity contribution in [2.45, 2.75) is 19.6 Å². The molecule has 23 heavy (non-hydrogen) atoms. The molecule has 3 rings (SSSR count). The van der Waals surface area contributed by atoms with Crippen LogP contribution in [0.1, 0.15) is 6.92 Å². The number of hydrogen-bond acceptors (Lipinski definition) is 6. The predicted octanol–water partition coefficient (Wildman–Crippen LogP) is 1.33. The van der Waals surface area contributed by atoms with Gasteiger partial charge in [0.15, 0.2) is 0 Å². The maximum absolute atomic E-state index is 12.6. The lowest BCUT2D eigenvalue weighted by molar-refractivity contribution is -0.149. The van der Waals surface area contributed by atoms with Crippen molar-refractivity contribution < 1.29 is 9.53 Å². The molecule has 0 aliphatic carbocycles. The lowest BCUT2D eigenvalue weighted by Gasteiger charge is -2.33. The summed E-state index contributed by atoms with van der Waals surface area (Å²) in [5.74, 6) is 1.38. The fraction of sp³-hybridized carbons (Fsp3) is 0.438. The second kappa shape index (κ2) is 7.14. The van der Waals surface area contributed by atoms with Crippen molar-refractivity contribution in [3.05, 3.63) is 40.8 Å². The van der Waals surface area contributed by atoms with Crippen LogP contribution < -0.4 is 5.56 Å². The molecule has 0 radical (unpaired) electrons. The SMILES string of the molecule is CCOC(=O)[C@@H]1CSCCN1Cn1ncc2ccccc2c1=O. The molecular weight excluding hydrogens is 314 g/mol. The fourth-order valence-electron chi connectivity index (χ4n) is 2.66. The van der Waals surface area contributed by atoms with Crippen molar-refractivity contribution in [2.75, 3.05) is 24.7 Å². The Balaban J connectivity index is 1.86. The van der Waals surface area contributed by atoms with Crippen molar-refractivity contribution in [3.8, 4) is 0 Å². The Hall–Kier alpha value is -1.86. The number of rotatable bonds is 4. The van der Waals surface area contributed by atoms with Gasteiger partial charge in [0.25, 0.3) is 5.56 Å². The molecule has 1 aromatic heterocycles. The number of aromatic nitrogens is 2. The van der Waals surface area contributed by atoms with E-state index in [4.69, 9.17) is 4.74 Å². The molecule has 2 aromatic rings. The number of hydrogen-bond donors (Lipinski definition) is 0. The summed E-state index contributed by atoms with van der Waals surface area (Å²) >= 11 is 1.73. The Kier molecular flexibility index (Phi) is 4.97. The van der Waals surface area contributed by atoms with Crippen LogP contribution in [0, 0.1) is 0 Å². The van der Waals surface area contributed by atoms with E-state index in [0.29, 0.717) is 24.4 Å². The second-order valence-electron chi connectivity index (χ2n) is 5.33. The fourth-order valence-corrected chi connectivity index (χ4v) is 3.76. The van der Waals surface area contributed by atoms with E-state index in [1.54, 1.807) is 30.9 Å². The summed E-state index contributed by atoms with van der Waals surface area (Å²) in [5, 5.41) is 5.71. The number of carbonyl (C=O) groups excluding carboxylic acids is 1. The maximum Gasteiger partial charge on any atom is 0.324 e. The highest BCUT2D eigenvalue weighted by atomic mass is 32.2. The van der Waals surface area contributed by atoms with Crippen LogP contribution in [0.2, 0.25) is 0 Å². The van der Waals surface area contributed by atoms with Crippen LogP contribution >= 0.6 is 11.8 Å². The third kappa shape index (κ3) is 3.40. The van der Waals surface area contributed by atoms with Crippen molar-refractivity contribution in [1.82, 2.24) is 14.7 Å². The van der Waals surface area contributed by atoms with Gasteiger partial charge in [-0.1, -0.05) is 18.2 Å². The van der Waals surface area contributed by atoms with Crippen molar-refractivity contribution in [2.24, 2.45) is 0 Å². The van der Waals surface area contributed by atoms with Crippen LogP contribution in [0.5, 0.6) is 0 Å². The van der Waals surface area contributed by atoms with Gasteiger partial charge in [0.2, 0.25) is 0 Å². The van der Waals surface area contributed by atoms with Crippen LogP contribution in [0.25, 0.3) is 10.8 Å². The first-order valence-electron chi connectivity index (χ1n) is 7.64. The number of benzene rings is 1. The number of ether oxygens (including phenoxy) is 1. The first kappa shape index (κ1) is 16.0. The number of thioether (sulfide) groups is 1. The van der Waals surface area contributed by atoms with E-state index in [2.05, 4.69) is 5.10 Å². The van der Waals surface area contributed by atoms with Gasteiger partial charge in [-0.05, 0) is 13.0 Å². The van der Waals surface area contributed by atoms with Gasteiger partial charge in [-0.25, -0.2) is 4.68 Å². The molecule has 1 aromatic carbocycles. The molecular formula is C16H19N3O3S. The highest BCUT2D eigenvalue weighted by Crippen LogP contribution is 2.18. The van der Waals surface area contributed by atoms with E-state index in [0.717, 1.165) is 17.7 Å². The summed E-state index contributed by atoms with van der Waals surface area (Å²) < 4.78 is 6.57. The molecule has 2 heterocycles. The van der Waals surface area contributed by atoms with Gasteiger partial charge in [-0.2, -0.15) is 16.9 Å². The Bertz CT molecular complexity index is 762. The molecule has 0 bridgehead atoms. The van der Waals surface area contributed by atoms with E-state index < -0.39 is 0 Å². The average Bonchev–Trinajstić information content (AvgIpc) is 2.58. The van der Waals surface area contributed by atoms with E-state index in [1.807, 2.05) is 23.1 Å². The Labute approximate surface area is 138 Å². The molecule has 0 unspecified atom stereocenters. The number of nitrogens with zero attached hydrogens (tertiary/aromatic N) is 3. The average molecular weight is 333 g/mol. The minimum absolute atomic E-state index is 0.135. The maximum atomic E-state index is 12.6. The van der Waals surface area contributed by atoms with Gasteiger partial charge < -0.3 is 4.74 Å². The number of esters is 1. The van der Waals surface area contributed by atoms with Crippen molar-refractivity contribution >= 4 is 28.5 Å². The van der Waals surface area contributed by atoms with Crippen LogP contribution in [-0.2, 0) is 16.2 Å². The zero-order valence-corrected chi connectivity index (χ0v) is 13.8. The standard InChI is InChI=1S/C16H19N3O3S/c1-2-22-16(21)14-10-23-8-7-18(14)11-19-15(20)13-6-4-3-5-12(13)9-17-19/h3-6,9,14H,2,7-8,10-11H2,1H3/t14-/m0/s1. The monoisotopic (exact) mass is 333 g/mol. The molecule has 0 spiro atoms.